The Balaban J connectivity index is 1.39. The van der Waals surface area contributed by atoms with Gasteiger partial charge in [-0.05, 0) is 49.7 Å². The van der Waals surface area contributed by atoms with Crippen LogP contribution in [0.4, 0.5) is 5.69 Å². The van der Waals surface area contributed by atoms with Crippen molar-refractivity contribution in [2.45, 2.75) is 18.9 Å². The number of anilines is 1. The van der Waals surface area contributed by atoms with E-state index in [1.54, 1.807) is 30.3 Å². The summed E-state index contributed by atoms with van der Waals surface area (Å²) in [5.41, 5.74) is 2.45. The molecule has 3 heterocycles. The van der Waals surface area contributed by atoms with Crippen LogP contribution in [-0.4, -0.2) is 61.4 Å². The van der Waals surface area contributed by atoms with Crippen LogP contribution in [0.25, 0.3) is 11.3 Å². The fraction of sp³-hybridized carbons (Fsp3) is 0.333. The maximum absolute atomic E-state index is 13.6. The Hall–Kier alpha value is -3.00. The molecule has 9 heteroatoms. The summed E-state index contributed by atoms with van der Waals surface area (Å²) in [7, 11) is 1.80. The topological polar surface area (TPSA) is 66.2 Å². The molecule has 0 N–H and O–H groups in total. The number of fused-ring (bicyclic) bond motifs is 1. The van der Waals surface area contributed by atoms with Crippen molar-refractivity contribution in [1.82, 2.24) is 9.80 Å². The predicted molar refractivity (Wildman–Crippen MR) is 140 cm³/mol. The molecule has 188 valence electrons. The van der Waals surface area contributed by atoms with E-state index in [0.717, 1.165) is 49.4 Å². The summed E-state index contributed by atoms with van der Waals surface area (Å²) in [6, 6.07) is 14.8. The highest BCUT2D eigenvalue weighted by molar-refractivity contribution is 6.42. The Labute approximate surface area is 220 Å². The van der Waals surface area contributed by atoms with Gasteiger partial charge in [0.05, 0.1) is 28.0 Å². The molecular weight excluding hydrogens is 501 g/mol. The van der Waals surface area contributed by atoms with Gasteiger partial charge in [-0.25, -0.2) is 0 Å². The van der Waals surface area contributed by atoms with Crippen molar-refractivity contribution in [2.24, 2.45) is 0 Å². The van der Waals surface area contributed by atoms with Gasteiger partial charge in [0.15, 0.2) is 6.61 Å². The first-order valence-corrected chi connectivity index (χ1v) is 12.7. The van der Waals surface area contributed by atoms with Gasteiger partial charge in [0.1, 0.15) is 18.1 Å². The second kappa shape index (κ2) is 10.5. The van der Waals surface area contributed by atoms with Crippen LogP contribution in [0.1, 0.15) is 24.4 Å². The van der Waals surface area contributed by atoms with E-state index in [2.05, 4.69) is 4.90 Å². The molecule has 5 rings (SSSR count). The van der Waals surface area contributed by atoms with Crippen LogP contribution < -0.4 is 9.64 Å². The average molecular weight is 528 g/mol. The molecule has 1 fully saturated rings. The zero-order valence-electron chi connectivity index (χ0n) is 20.0. The minimum absolute atomic E-state index is 0.120. The van der Waals surface area contributed by atoms with Crippen LogP contribution in [-0.2, 0) is 9.59 Å². The van der Waals surface area contributed by atoms with Gasteiger partial charge in [-0.2, -0.15) is 0 Å². The number of carbonyl (C=O) groups excluding carboxylic acids is 2. The molecule has 2 aliphatic rings. The van der Waals surface area contributed by atoms with Crippen molar-refractivity contribution in [3.05, 3.63) is 70.4 Å². The smallest absolute Gasteiger partial charge is 0.265 e. The summed E-state index contributed by atoms with van der Waals surface area (Å²) in [5, 5.41) is 0.625. The molecule has 0 aliphatic carbocycles. The number of likely N-dealkylation sites (N-methyl/N-ethyl adjacent to an activating group) is 1. The third-order valence-corrected chi connectivity index (χ3v) is 7.55. The van der Waals surface area contributed by atoms with E-state index in [1.807, 2.05) is 36.4 Å². The number of hydrogen-bond acceptors (Lipinski definition) is 5. The number of hydrogen-bond donors (Lipinski definition) is 0. The summed E-state index contributed by atoms with van der Waals surface area (Å²) in [5.74, 6) is 0.745. The molecule has 1 saturated heterocycles. The third-order valence-electron chi connectivity index (χ3n) is 6.83. The Morgan fingerprint density at radius 2 is 1.81 bits per heavy atom. The number of nitrogens with zero attached hydrogens (tertiary/aromatic N) is 3. The summed E-state index contributed by atoms with van der Waals surface area (Å²) >= 11 is 12.3. The maximum atomic E-state index is 13.6. The van der Waals surface area contributed by atoms with Gasteiger partial charge in [-0.1, -0.05) is 47.5 Å². The molecule has 7 nitrogen and oxygen atoms in total. The lowest BCUT2D eigenvalue weighted by atomic mass is 10.0. The lowest BCUT2D eigenvalue weighted by molar-refractivity contribution is -0.133. The van der Waals surface area contributed by atoms with Crippen LogP contribution in [0, 0.1) is 0 Å². The van der Waals surface area contributed by atoms with E-state index in [0.29, 0.717) is 21.5 Å². The number of rotatable bonds is 7. The lowest BCUT2D eigenvalue weighted by Gasteiger charge is -2.35. The number of ether oxygens (including phenoxy) is 1. The van der Waals surface area contributed by atoms with E-state index in [-0.39, 0.29) is 31.0 Å². The number of halogens is 2. The van der Waals surface area contributed by atoms with Crippen LogP contribution >= 0.6 is 23.2 Å². The Morgan fingerprint density at radius 3 is 2.50 bits per heavy atom. The molecule has 1 aromatic heterocycles. The molecule has 0 radical (unpaired) electrons. The van der Waals surface area contributed by atoms with Gasteiger partial charge >= 0.3 is 0 Å². The largest absolute Gasteiger partial charge is 0.482 e. The molecule has 3 aromatic rings. The number of furan rings is 1. The maximum Gasteiger partial charge on any atom is 0.265 e. The second-order valence-electron chi connectivity index (χ2n) is 9.13. The number of benzene rings is 2. The Kier molecular flexibility index (Phi) is 7.23. The first-order valence-electron chi connectivity index (χ1n) is 11.9. The van der Waals surface area contributed by atoms with Crippen molar-refractivity contribution in [2.75, 3.05) is 44.7 Å². The molecular formula is C27H27Cl2N3O4. The van der Waals surface area contributed by atoms with E-state index < -0.39 is 0 Å². The molecule has 1 unspecified atom stereocenters. The summed E-state index contributed by atoms with van der Waals surface area (Å²) < 4.78 is 11.0. The van der Waals surface area contributed by atoms with Crippen LogP contribution in [0.15, 0.2) is 59.2 Å². The normalized spacial score (nSPS) is 16.5. The molecule has 2 amide bonds. The van der Waals surface area contributed by atoms with Crippen molar-refractivity contribution in [3.8, 4) is 17.1 Å². The highest BCUT2D eigenvalue weighted by Crippen LogP contribution is 2.39. The quantitative estimate of drug-likeness (QED) is 0.418. The van der Waals surface area contributed by atoms with Crippen molar-refractivity contribution < 1.29 is 18.7 Å². The minimum atomic E-state index is -0.304. The van der Waals surface area contributed by atoms with Gasteiger partial charge in [-0.3, -0.25) is 14.5 Å². The SMILES string of the molecule is CN(C(=O)CN1C(=O)COc2cc(Cl)c(Cl)cc21)C(CN1CCCC1)c1ccc(-c2ccco2)cc1. The standard InChI is InChI=1S/C27H27Cl2N3O4/c1-30(26(33)16-32-22-13-20(28)21(29)14-25(22)36-17-27(32)34)23(15-31-10-2-3-11-31)18-6-8-19(9-7-18)24-5-4-12-35-24/h4-9,12-14,23H,2-3,10-11,15-17H2,1H3. The second-order valence-corrected chi connectivity index (χ2v) is 9.94. The monoisotopic (exact) mass is 527 g/mol. The Morgan fingerprint density at radius 1 is 1.08 bits per heavy atom. The number of likely N-dealkylation sites (tertiary alicyclic amines) is 1. The highest BCUT2D eigenvalue weighted by atomic mass is 35.5. The molecule has 0 bridgehead atoms. The molecule has 36 heavy (non-hydrogen) atoms. The zero-order chi connectivity index (χ0) is 25.2. The van der Waals surface area contributed by atoms with Crippen LogP contribution in [0.2, 0.25) is 10.0 Å². The fourth-order valence-electron chi connectivity index (χ4n) is 4.76. The summed E-state index contributed by atoms with van der Waals surface area (Å²) in [4.78, 5) is 31.8. The summed E-state index contributed by atoms with van der Waals surface area (Å²) in [6.45, 7) is 2.46. The van der Waals surface area contributed by atoms with E-state index >= 15 is 0 Å². The van der Waals surface area contributed by atoms with E-state index in [9.17, 15) is 9.59 Å². The van der Waals surface area contributed by atoms with Crippen LogP contribution in [0.3, 0.4) is 0 Å². The molecule has 2 aliphatic heterocycles. The summed E-state index contributed by atoms with van der Waals surface area (Å²) in [6.07, 6.45) is 3.96. The molecule has 1 atom stereocenters. The molecule has 0 spiro atoms. The van der Waals surface area contributed by atoms with Gasteiger partial charge < -0.3 is 19.0 Å². The lowest BCUT2D eigenvalue weighted by Crippen LogP contribution is -2.47. The zero-order valence-corrected chi connectivity index (χ0v) is 21.5. The predicted octanol–water partition coefficient (Wildman–Crippen LogP) is 5.27. The number of amides is 2. The van der Waals surface area contributed by atoms with E-state index in [4.69, 9.17) is 32.4 Å². The van der Waals surface area contributed by atoms with Gasteiger partial charge in [0.25, 0.3) is 5.91 Å². The minimum Gasteiger partial charge on any atom is -0.482 e. The average Bonchev–Trinajstić information content (AvgIpc) is 3.60. The molecule has 0 saturated carbocycles. The molecule has 2 aromatic carbocycles. The van der Waals surface area contributed by atoms with Crippen molar-refractivity contribution in [3.63, 3.8) is 0 Å². The van der Waals surface area contributed by atoms with Gasteiger partial charge in [-0.15, -0.1) is 0 Å². The van der Waals surface area contributed by atoms with E-state index in [1.165, 1.54) is 4.90 Å². The van der Waals surface area contributed by atoms with Gasteiger partial charge in [0.2, 0.25) is 5.91 Å². The first-order chi connectivity index (χ1) is 17.4. The Bertz CT molecular complexity index is 1240. The number of carbonyl (C=O) groups is 2. The van der Waals surface area contributed by atoms with Gasteiger partial charge in [0, 0.05) is 25.2 Å². The fourth-order valence-corrected chi connectivity index (χ4v) is 5.08. The first kappa shape index (κ1) is 24.7. The van der Waals surface area contributed by atoms with Crippen LogP contribution in [0.5, 0.6) is 5.75 Å². The highest BCUT2D eigenvalue weighted by Gasteiger charge is 2.32. The third kappa shape index (κ3) is 5.09. The van der Waals surface area contributed by atoms with Crippen molar-refractivity contribution in [1.29, 1.82) is 0 Å². The van der Waals surface area contributed by atoms with Crippen molar-refractivity contribution >= 4 is 40.7 Å².